The Morgan fingerprint density at radius 2 is 2.00 bits per heavy atom. The van der Waals surface area contributed by atoms with Crippen molar-refractivity contribution in [1.82, 2.24) is 10.2 Å². The molecule has 0 aromatic heterocycles. The van der Waals surface area contributed by atoms with Gasteiger partial charge in [0, 0.05) is 31.0 Å². The predicted octanol–water partition coefficient (Wildman–Crippen LogP) is 2.10. The predicted molar refractivity (Wildman–Crippen MR) is 125 cm³/mol. The Labute approximate surface area is 197 Å². The van der Waals surface area contributed by atoms with Gasteiger partial charge in [-0.1, -0.05) is 26.0 Å². The highest BCUT2D eigenvalue weighted by molar-refractivity contribution is 14.1. The second kappa shape index (κ2) is 10.8. The molecule has 0 aliphatic heterocycles. The van der Waals surface area contributed by atoms with Crippen LogP contribution in [0.2, 0.25) is 0 Å². The third-order valence-electron chi connectivity index (χ3n) is 5.64. The highest BCUT2D eigenvalue weighted by atomic mass is 127. The van der Waals surface area contributed by atoms with Crippen molar-refractivity contribution in [1.29, 1.82) is 0 Å². The highest BCUT2D eigenvalue weighted by Gasteiger charge is 2.42. The molecule has 0 saturated heterocycles. The molecule has 8 heteroatoms. The van der Waals surface area contributed by atoms with Gasteiger partial charge in [-0.2, -0.15) is 0 Å². The molecule has 2 amide bonds. The smallest absolute Gasteiger partial charge is 0.247 e. The molecule has 31 heavy (non-hydrogen) atoms. The molecular weight excluding hydrogens is 511 g/mol. The van der Waals surface area contributed by atoms with Gasteiger partial charge in [-0.05, 0) is 59.6 Å². The molecule has 0 bridgehead atoms. The van der Waals surface area contributed by atoms with Crippen molar-refractivity contribution in [2.24, 2.45) is 11.8 Å². The Balaban J connectivity index is 1.91. The van der Waals surface area contributed by atoms with Gasteiger partial charge in [0.05, 0.1) is 16.2 Å². The van der Waals surface area contributed by atoms with Gasteiger partial charge in [0.1, 0.15) is 18.0 Å². The van der Waals surface area contributed by atoms with E-state index in [4.69, 9.17) is 9.84 Å². The molecule has 1 aromatic rings. The lowest BCUT2D eigenvalue weighted by molar-refractivity contribution is -0.142. The molecule has 0 heterocycles. The molecular formula is C23H31IN2O5. The number of nitrogens with zero attached hydrogens (tertiary/aromatic N) is 1. The summed E-state index contributed by atoms with van der Waals surface area (Å²) < 4.78 is 7.01. The van der Waals surface area contributed by atoms with E-state index in [0.717, 1.165) is 16.4 Å². The van der Waals surface area contributed by atoms with Gasteiger partial charge in [0.2, 0.25) is 11.8 Å². The van der Waals surface area contributed by atoms with Crippen molar-refractivity contribution in [2.45, 2.75) is 51.4 Å². The van der Waals surface area contributed by atoms with E-state index in [1.807, 2.05) is 38.1 Å². The molecule has 0 radical (unpaired) electrons. The van der Waals surface area contributed by atoms with E-state index in [-0.39, 0.29) is 37.3 Å². The zero-order chi connectivity index (χ0) is 22.5. The Kier molecular flexibility index (Phi) is 8.35. The van der Waals surface area contributed by atoms with Gasteiger partial charge in [0.25, 0.3) is 0 Å². The van der Waals surface area contributed by atoms with Gasteiger partial charge in [-0.3, -0.25) is 9.59 Å². The Hall–Kier alpha value is -1.65. The molecule has 1 saturated carbocycles. The molecule has 7 nitrogen and oxygen atoms in total. The third-order valence-corrected chi connectivity index (χ3v) is 6.53. The van der Waals surface area contributed by atoms with E-state index in [9.17, 15) is 14.7 Å². The number of amides is 2. The summed E-state index contributed by atoms with van der Waals surface area (Å²) in [4.78, 5) is 27.5. The minimum absolute atomic E-state index is 0.0268. The quantitative estimate of drug-likeness (QED) is 0.416. The van der Waals surface area contributed by atoms with Crippen molar-refractivity contribution >= 4 is 34.4 Å². The summed E-state index contributed by atoms with van der Waals surface area (Å²) in [5, 5.41) is 23.0. The molecule has 1 fully saturated rings. The summed E-state index contributed by atoms with van der Waals surface area (Å²) in [6.07, 6.45) is 2.30. The first-order valence-electron chi connectivity index (χ1n) is 10.8. The Bertz CT molecular complexity index is 824. The van der Waals surface area contributed by atoms with Gasteiger partial charge >= 0.3 is 0 Å². The topological polar surface area (TPSA) is 99.1 Å². The standard InChI is InChI=1S/C23H31IN2O5/c1-14(2)23(30)26(13-15-7-8-15)18-11-16(22(29)25-9-10-27)12-20(21(18)28)31-19-6-4-3-5-17(19)24/h3-6,12,14-15,18,20-21,27-28H,7-11,13H2,1-2H3,(H,25,29). The van der Waals surface area contributed by atoms with Crippen LogP contribution in [-0.4, -0.2) is 64.9 Å². The second-order valence-corrected chi connectivity index (χ2v) is 9.70. The summed E-state index contributed by atoms with van der Waals surface area (Å²) in [7, 11) is 0. The van der Waals surface area contributed by atoms with Crippen LogP contribution in [-0.2, 0) is 9.59 Å². The monoisotopic (exact) mass is 542 g/mol. The number of rotatable bonds is 9. The molecule has 3 atom stereocenters. The van der Waals surface area contributed by atoms with Crippen molar-refractivity contribution in [3.8, 4) is 5.75 Å². The van der Waals surface area contributed by atoms with E-state index < -0.39 is 18.2 Å². The average Bonchev–Trinajstić information content (AvgIpc) is 3.57. The number of benzene rings is 1. The largest absolute Gasteiger partial charge is 0.482 e. The molecule has 3 rings (SSSR count). The zero-order valence-electron chi connectivity index (χ0n) is 18.0. The van der Waals surface area contributed by atoms with Crippen molar-refractivity contribution in [3.63, 3.8) is 0 Å². The fourth-order valence-electron chi connectivity index (χ4n) is 3.77. The minimum Gasteiger partial charge on any atom is -0.482 e. The number of halogens is 1. The van der Waals surface area contributed by atoms with Crippen molar-refractivity contribution in [2.75, 3.05) is 19.7 Å². The van der Waals surface area contributed by atoms with Crippen LogP contribution in [0.3, 0.4) is 0 Å². The van der Waals surface area contributed by atoms with E-state index >= 15 is 0 Å². The van der Waals surface area contributed by atoms with Gasteiger partial charge < -0.3 is 25.2 Å². The summed E-state index contributed by atoms with van der Waals surface area (Å²) in [5.41, 5.74) is 0.456. The fourth-order valence-corrected chi connectivity index (χ4v) is 4.28. The van der Waals surface area contributed by atoms with Crippen LogP contribution in [0.25, 0.3) is 0 Å². The van der Waals surface area contributed by atoms with Crippen LogP contribution < -0.4 is 10.1 Å². The molecule has 1 aromatic carbocycles. The lowest BCUT2D eigenvalue weighted by atomic mass is 9.87. The van der Waals surface area contributed by atoms with Gasteiger partial charge in [0.15, 0.2) is 0 Å². The van der Waals surface area contributed by atoms with Crippen LogP contribution in [0.1, 0.15) is 33.1 Å². The van der Waals surface area contributed by atoms with Gasteiger partial charge in [-0.25, -0.2) is 0 Å². The van der Waals surface area contributed by atoms with Crippen LogP contribution in [0, 0.1) is 15.4 Å². The number of ether oxygens (including phenoxy) is 1. The number of hydrogen-bond acceptors (Lipinski definition) is 5. The van der Waals surface area contributed by atoms with E-state index in [0.29, 0.717) is 23.8 Å². The molecule has 170 valence electrons. The molecule has 3 unspecified atom stereocenters. The first kappa shape index (κ1) is 24.0. The zero-order valence-corrected chi connectivity index (χ0v) is 20.1. The highest BCUT2D eigenvalue weighted by Crippen LogP contribution is 2.35. The van der Waals surface area contributed by atoms with Crippen LogP contribution >= 0.6 is 22.6 Å². The summed E-state index contributed by atoms with van der Waals surface area (Å²) in [5.74, 6) is 0.509. The van der Waals surface area contributed by atoms with Crippen LogP contribution in [0.5, 0.6) is 5.75 Å². The molecule has 2 aliphatic carbocycles. The summed E-state index contributed by atoms with van der Waals surface area (Å²) >= 11 is 2.16. The summed E-state index contributed by atoms with van der Waals surface area (Å²) in [6.45, 7) is 4.26. The third kappa shape index (κ3) is 6.20. The Morgan fingerprint density at radius 3 is 2.61 bits per heavy atom. The number of carbonyl (C=O) groups is 2. The van der Waals surface area contributed by atoms with Gasteiger partial charge in [-0.15, -0.1) is 0 Å². The first-order valence-corrected chi connectivity index (χ1v) is 11.9. The Morgan fingerprint density at radius 1 is 1.29 bits per heavy atom. The van der Waals surface area contributed by atoms with Crippen molar-refractivity contribution < 1.29 is 24.5 Å². The number of para-hydroxylation sites is 1. The fraction of sp³-hybridized carbons (Fsp3) is 0.565. The molecule has 2 aliphatic rings. The SMILES string of the molecule is CC(C)C(=O)N(CC1CC1)C1CC(C(=O)NCCO)=CC(Oc2ccccc2I)C1O. The van der Waals surface area contributed by atoms with E-state index in [1.54, 1.807) is 11.0 Å². The molecule has 3 N–H and O–H groups in total. The average molecular weight is 542 g/mol. The lowest BCUT2D eigenvalue weighted by Gasteiger charge is -2.41. The maximum absolute atomic E-state index is 13.0. The molecule has 0 spiro atoms. The number of nitrogens with one attached hydrogen (secondary N) is 1. The van der Waals surface area contributed by atoms with Crippen LogP contribution in [0.15, 0.2) is 35.9 Å². The summed E-state index contributed by atoms with van der Waals surface area (Å²) in [6, 6.07) is 6.92. The minimum atomic E-state index is -0.966. The van der Waals surface area contributed by atoms with Crippen LogP contribution in [0.4, 0.5) is 0 Å². The number of aliphatic hydroxyl groups is 2. The second-order valence-electron chi connectivity index (χ2n) is 8.54. The van der Waals surface area contributed by atoms with E-state index in [2.05, 4.69) is 27.9 Å². The maximum atomic E-state index is 13.0. The number of aliphatic hydroxyl groups excluding tert-OH is 2. The normalized spacial score (nSPS) is 23.3. The first-order chi connectivity index (χ1) is 14.8. The van der Waals surface area contributed by atoms with E-state index in [1.165, 1.54) is 0 Å². The number of carbonyl (C=O) groups excluding carboxylic acids is 2. The number of hydrogen-bond donors (Lipinski definition) is 3. The van der Waals surface area contributed by atoms with Crippen molar-refractivity contribution in [3.05, 3.63) is 39.5 Å². The lowest BCUT2D eigenvalue weighted by Crippen LogP contribution is -2.56. The maximum Gasteiger partial charge on any atom is 0.247 e.